The number of nitrogens with zero attached hydrogens (tertiary/aromatic N) is 1. The maximum atomic E-state index is 12.7. The van der Waals surface area contributed by atoms with E-state index in [4.69, 9.17) is 0 Å². The van der Waals surface area contributed by atoms with Crippen molar-refractivity contribution in [3.05, 3.63) is 41.4 Å². The van der Waals surface area contributed by atoms with Crippen molar-refractivity contribution in [2.75, 3.05) is 18.1 Å². The Morgan fingerprint density at radius 1 is 1.33 bits per heavy atom. The zero-order valence-corrected chi connectivity index (χ0v) is 14.5. The van der Waals surface area contributed by atoms with Crippen molar-refractivity contribution in [3.8, 4) is 0 Å². The third kappa shape index (κ3) is 3.74. The molecule has 5 nitrogen and oxygen atoms in total. The van der Waals surface area contributed by atoms with Crippen LogP contribution in [-0.4, -0.2) is 45.2 Å². The van der Waals surface area contributed by atoms with E-state index in [1.165, 1.54) is 22.5 Å². The molecule has 2 rings (SSSR count). The van der Waals surface area contributed by atoms with E-state index in [9.17, 15) is 16.8 Å². The van der Waals surface area contributed by atoms with Crippen LogP contribution in [0, 0.1) is 0 Å². The van der Waals surface area contributed by atoms with Gasteiger partial charge in [-0.2, -0.15) is 4.31 Å². The van der Waals surface area contributed by atoms with E-state index in [1.54, 1.807) is 12.1 Å². The van der Waals surface area contributed by atoms with Crippen LogP contribution in [0.4, 0.5) is 0 Å². The summed E-state index contributed by atoms with van der Waals surface area (Å²) >= 11 is 3.26. The first kappa shape index (κ1) is 16.7. The molecule has 1 aromatic rings. The number of sulfone groups is 1. The fourth-order valence-electron chi connectivity index (χ4n) is 2.32. The molecule has 0 aliphatic carbocycles. The Bertz CT molecular complexity index is 726. The highest BCUT2D eigenvalue weighted by Gasteiger charge is 2.38. The third-order valence-corrected chi connectivity index (χ3v) is 7.56. The monoisotopic (exact) mass is 393 g/mol. The van der Waals surface area contributed by atoms with Crippen molar-refractivity contribution in [1.82, 2.24) is 4.31 Å². The first-order valence-electron chi connectivity index (χ1n) is 6.35. The van der Waals surface area contributed by atoms with Crippen molar-refractivity contribution in [2.45, 2.75) is 17.4 Å². The molecule has 1 atom stereocenters. The molecule has 116 valence electrons. The summed E-state index contributed by atoms with van der Waals surface area (Å²) in [5.74, 6) is -0.0994. The Kier molecular flexibility index (Phi) is 4.92. The van der Waals surface area contributed by atoms with E-state index >= 15 is 0 Å². The van der Waals surface area contributed by atoms with Gasteiger partial charge in [0.15, 0.2) is 9.84 Å². The number of benzene rings is 1. The Hall–Kier alpha value is -0.700. The highest BCUT2D eigenvalue weighted by Crippen LogP contribution is 2.25. The second-order valence-electron chi connectivity index (χ2n) is 4.87. The molecule has 1 heterocycles. The van der Waals surface area contributed by atoms with Crippen LogP contribution in [0.25, 0.3) is 0 Å². The van der Waals surface area contributed by atoms with E-state index in [1.807, 2.05) is 0 Å². The largest absolute Gasteiger partial charge is 0.243 e. The van der Waals surface area contributed by atoms with Crippen LogP contribution in [-0.2, 0) is 19.9 Å². The van der Waals surface area contributed by atoms with Crippen LogP contribution < -0.4 is 0 Å². The van der Waals surface area contributed by atoms with Gasteiger partial charge in [0.1, 0.15) is 0 Å². The first-order valence-corrected chi connectivity index (χ1v) is 10.4. The summed E-state index contributed by atoms with van der Waals surface area (Å²) in [5, 5.41) is 0. The lowest BCUT2D eigenvalue weighted by Gasteiger charge is -2.26. The maximum absolute atomic E-state index is 12.7. The van der Waals surface area contributed by atoms with E-state index in [2.05, 4.69) is 22.5 Å². The molecule has 0 N–H and O–H groups in total. The summed E-state index contributed by atoms with van der Waals surface area (Å²) in [7, 11) is -6.89. The fraction of sp³-hybridized carbons (Fsp3) is 0.385. The van der Waals surface area contributed by atoms with Crippen LogP contribution in [0.3, 0.4) is 0 Å². The Labute approximate surface area is 133 Å². The number of hydrogen-bond donors (Lipinski definition) is 0. The molecule has 1 saturated heterocycles. The van der Waals surface area contributed by atoms with Crippen LogP contribution in [0.5, 0.6) is 0 Å². The zero-order valence-electron chi connectivity index (χ0n) is 11.3. The van der Waals surface area contributed by atoms with Crippen molar-refractivity contribution >= 4 is 35.8 Å². The molecule has 0 bridgehead atoms. The van der Waals surface area contributed by atoms with Crippen molar-refractivity contribution in [1.29, 1.82) is 0 Å². The van der Waals surface area contributed by atoms with Gasteiger partial charge in [-0.25, -0.2) is 16.8 Å². The smallest absolute Gasteiger partial charge is 0.229 e. The molecule has 1 aliphatic heterocycles. The number of hydrogen-bond acceptors (Lipinski definition) is 4. The minimum absolute atomic E-state index is 0.0289. The molecule has 1 fully saturated rings. The summed E-state index contributed by atoms with van der Waals surface area (Å²) in [6.45, 7) is 3.66. The lowest BCUT2D eigenvalue weighted by molar-refractivity contribution is 0.367. The molecule has 0 radical (unpaired) electrons. The predicted octanol–water partition coefficient (Wildman–Crippen LogP) is 1.81. The predicted molar refractivity (Wildman–Crippen MR) is 85.3 cm³/mol. The topological polar surface area (TPSA) is 71.5 Å². The van der Waals surface area contributed by atoms with Gasteiger partial charge in [-0.1, -0.05) is 22.0 Å². The number of sulfonamides is 1. The molecule has 0 amide bonds. The summed E-state index contributed by atoms with van der Waals surface area (Å²) in [6.07, 6.45) is 1.80. The van der Waals surface area contributed by atoms with E-state index in [0.717, 1.165) is 4.47 Å². The van der Waals surface area contributed by atoms with Gasteiger partial charge >= 0.3 is 0 Å². The summed E-state index contributed by atoms with van der Waals surface area (Å²) in [4.78, 5) is 0.150. The Morgan fingerprint density at radius 2 is 1.95 bits per heavy atom. The number of rotatable bonds is 5. The van der Waals surface area contributed by atoms with Crippen molar-refractivity contribution in [2.24, 2.45) is 0 Å². The lowest BCUT2D eigenvalue weighted by atomic mass is 10.2. The average Bonchev–Trinajstić information content (AvgIpc) is 2.76. The van der Waals surface area contributed by atoms with Crippen molar-refractivity contribution in [3.63, 3.8) is 0 Å². The highest BCUT2D eigenvalue weighted by atomic mass is 79.9. The molecule has 0 spiro atoms. The SMILES string of the molecule is C=CCN([C@H]1CCS(=O)(=O)C1)S(=O)(=O)c1ccc(Br)cc1. The second-order valence-corrected chi connectivity index (χ2v) is 9.91. The van der Waals surface area contributed by atoms with Gasteiger partial charge in [0.05, 0.1) is 16.4 Å². The van der Waals surface area contributed by atoms with E-state index in [0.29, 0.717) is 6.42 Å². The van der Waals surface area contributed by atoms with Crippen LogP contribution in [0.2, 0.25) is 0 Å². The first-order chi connectivity index (χ1) is 9.76. The standard InChI is InChI=1S/C13H16BrNO4S2/c1-2-8-15(12-7-9-20(16,17)10-12)21(18,19)13-5-3-11(14)4-6-13/h2-6,12H,1,7-10H2/t12-/m0/s1. The molecule has 1 aliphatic rings. The molecular weight excluding hydrogens is 378 g/mol. The zero-order chi connectivity index (χ0) is 15.7. The quantitative estimate of drug-likeness (QED) is 0.715. The van der Waals surface area contributed by atoms with Gasteiger partial charge < -0.3 is 0 Å². The Morgan fingerprint density at radius 3 is 2.43 bits per heavy atom. The highest BCUT2D eigenvalue weighted by molar-refractivity contribution is 9.10. The molecule has 0 aromatic heterocycles. The molecule has 0 saturated carbocycles. The van der Waals surface area contributed by atoms with Crippen molar-refractivity contribution < 1.29 is 16.8 Å². The van der Waals surface area contributed by atoms with Crippen LogP contribution in [0.1, 0.15) is 6.42 Å². The van der Waals surface area contributed by atoms with Gasteiger partial charge in [0.25, 0.3) is 0 Å². The normalized spacial score (nSPS) is 21.5. The van der Waals surface area contributed by atoms with Gasteiger partial charge in [0.2, 0.25) is 10.0 Å². The maximum Gasteiger partial charge on any atom is 0.243 e. The third-order valence-electron chi connectivity index (χ3n) is 3.34. The summed E-state index contributed by atoms with van der Waals surface area (Å²) in [5.41, 5.74) is 0. The minimum Gasteiger partial charge on any atom is -0.229 e. The Balaban J connectivity index is 2.37. The number of halogens is 1. The molecule has 21 heavy (non-hydrogen) atoms. The molecular formula is C13H16BrNO4S2. The van der Waals surface area contributed by atoms with Gasteiger partial charge in [-0.3, -0.25) is 0 Å². The van der Waals surface area contributed by atoms with Gasteiger partial charge in [0, 0.05) is 17.1 Å². The fourth-order valence-corrected chi connectivity index (χ4v) is 6.03. The van der Waals surface area contributed by atoms with E-state index in [-0.39, 0.29) is 22.9 Å². The molecule has 8 heteroatoms. The van der Waals surface area contributed by atoms with E-state index < -0.39 is 25.9 Å². The summed E-state index contributed by atoms with van der Waals surface area (Å²) in [6, 6.07) is 5.76. The molecule has 1 aromatic carbocycles. The second kappa shape index (κ2) is 6.20. The van der Waals surface area contributed by atoms with Crippen LogP contribution >= 0.6 is 15.9 Å². The minimum atomic E-state index is -3.74. The van der Waals surface area contributed by atoms with Gasteiger partial charge in [-0.05, 0) is 30.7 Å². The summed E-state index contributed by atoms with van der Waals surface area (Å²) < 4.78 is 50.6. The lowest BCUT2D eigenvalue weighted by Crippen LogP contribution is -2.41. The molecule has 0 unspecified atom stereocenters. The van der Waals surface area contributed by atoms with Gasteiger partial charge in [-0.15, -0.1) is 6.58 Å². The average molecular weight is 394 g/mol. The van der Waals surface area contributed by atoms with Crippen LogP contribution in [0.15, 0.2) is 46.3 Å².